The molecule has 92 valence electrons. The maximum atomic E-state index is 10.8. The minimum absolute atomic E-state index is 0.0793. The molecule has 0 radical (unpaired) electrons. The van der Waals surface area contributed by atoms with Gasteiger partial charge in [-0.1, -0.05) is 19.3 Å². The Morgan fingerprint density at radius 1 is 0.875 bits per heavy atom. The van der Waals surface area contributed by atoms with Gasteiger partial charge in [-0.05, 0) is 38.5 Å². The summed E-state index contributed by atoms with van der Waals surface area (Å²) in [6.07, 6.45) is 10.6. The predicted molar refractivity (Wildman–Crippen MR) is 63.4 cm³/mol. The molecule has 0 atom stereocenters. The molecular weight excluding hydrogens is 202 g/mol. The van der Waals surface area contributed by atoms with Crippen molar-refractivity contribution in [2.24, 2.45) is 5.92 Å². The standard InChI is InChI=1S/C13H23NO2/c15-13(16)10-6-8-12(9-7-10)14-11-4-2-1-3-5-11/h10-12,14H,1-9H2,(H,15,16). The molecule has 0 unspecified atom stereocenters. The van der Waals surface area contributed by atoms with Gasteiger partial charge < -0.3 is 10.4 Å². The molecule has 0 aromatic heterocycles. The lowest BCUT2D eigenvalue weighted by atomic mass is 9.85. The van der Waals surface area contributed by atoms with Crippen LogP contribution in [0, 0.1) is 5.92 Å². The summed E-state index contributed by atoms with van der Waals surface area (Å²) < 4.78 is 0. The smallest absolute Gasteiger partial charge is 0.306 e. The molecule has 2 saturated carbocycles. The summed E-state index contributed by atoms with van der Waals surface area (Å²) >= 11 is 0. The molecule has 0 aliphatic heterocycles. The highest BCUT2D eigenvalue weighted by atomic mass is 16.4. The number of hydrogen-bond donors (Lipinski definition) is 2. The molecule has 2 aliphatic rings. The second-order valence-electron chi connectivity index (χ2n) is 5.39. The highest BCUT2D eigenvalue weighted by molar-refractivity contribution is 5.70. The third kappa shape index (κ3) is 3.21. The molecular formula is C13H23NO2. The van der Waals surface area contributed by atoms with E-state index in [1.807, 2.05) is 0 Å². The van der Waals surface area contributed by atoms with E-state index in [-0.39, 0.29) is 5.92 Å². The molecule has 0 aromatic rings. The van der Waals surface area contributed by atoms with E-state index in [9.17, 15) is 4.79 Å². The van der Waals surface area contributed by atoms with Gasteiger partial charge in [0.15, 0.2) is 0 Å². The molecule has 16 heavy (non-hydrogen) atoms. The van der Waals surface area contributed by atoms with E-state index in [4.69, 9.17) is 5.11 Å². The Morgan fingerprint density at radius 3 is 2.00 bits per heavy atom. The lowest BCUT2D eigenvalue weighted by Gasteiger charge is -2.32. The van der Waals surface area contributed by atoms with Crippen molar-refractivity contribution < 1.29 is 9.90 Å². The van der Waals surface area contributed by atoms with Crippen molar-refractivity contribution in [1.82, 2.24) is 5.32 Å². The van der Waals surface area contributed by atoms with Crippen molar-refractivity contribution in [3.05, 3.63) is 0 Å². The highest BCUT2D eigenvalue weighted by Crippen LogP contribution is 2.26. The number of hydrogen-bond acceptors (Lipinski definition) is 2. The zero-order chi connectivity index (χ0) is 11.4. The fourth-order valence-corrected chi connectivity index (χ4v) is 3.11. The van der Waals surface area contributed by atoms with Gasteiger partial charge in [-0.15, -0.1) is 0 Å². The minimum atomic E-state index is -0.601. The lowest BCUT2D eigenvalue weighted by molar-refractivity contribution is -0.142. The summed E-state index contributed by atoms with van der Waals surface area (Å²) in [5.41, 5.74) is 0. The molecule has 2 fully saturated rings. The number of nitrogens with one attached hydrogen (secondary N) is 1. The van der Waals surface area contributed by atoms with Gasteiger partial charge in [0, 0.05) is 12.1 Å². The minimum Gasteiger partial charge on any atom is -0.481 e. The SMILES string of the molecule is O=C(O)C1CCC(NC2CCCCC2)CC1. The molecule has 0 saturated heterocycles. The van der Waals surface area contributed by atoms with Crippen LogP contribution in [0.4, 0.5) is 0 Å². The molecule has 0 heterocycles. The molecule has 0 amide bonds. The van der Waals surface area contributed by atoms with Crippen LogP contribution in [0.25, 0.3) is 0 Å². The van der Waals surface area contributed by atoms with Gasteiger partial charge in [0.25, 0.3) is 0 Å². The Labute approximate surface area is 97.6 Å². The largest absolute Gasteiger partial charge is 0.481 e. The molecule has 0 aromatic carbocycles. The van der Waals surface area contributed by atoms with Crippen LogP contribution in [-0.4, -0.2) is 23.2 Å². The van der Waals surface area contributed by atoms with Gasteiger partial charge in [0.1, 0.15) is 0 Å². The molecule has 2 N–H and O–H groups in total. The number of carboxylic acids is 1. The number of carboxylic acid groups (broad SMARTS) is 1. The second-order valence-corrected chi connectivity index (χ2v) is 5.39. The molecule has 3 nitrogen and oxygen atoms in total. The van der Waals surface area contributed by atoms with E-state index < -0.39 is 5.97 Å². The van der Waals surface area contributed by atoms with Crippen molar-refractivity contribution in [2.75, 3.05) is 0 Å². The highest BCUT2D eigenvalue weighted by Gasteiger charge is 2.27. The van der Waals surface area contributed by atoms with Gasteiger partial charge >= 0.3 is 5.97 Å². The summed E-state index contributed by atoms with van der Waals surface area (Å²) in [6.45, 7) is 0. The van der Waals surface area contributed by atoms with E-state index in [2.05, 4.69) is 5.32 Å². The van der Waals surface area contributed by atoms with Crippen LogP contribution in [0.15, 0.2) is 0 Å². The van der Waals surface area contributed by atoms with Crippen molar-refractivity contribution in [3.8, 4) is 0 Å². The van der Waals surface area contributed by atoms with E-state index in [0.29, 0.717) is 12.1 Å². The van der Waals surface area contributed by atoms with E-state index >= 15 is 0 Å². The first-order chi connectivity index (χ1) is 7.75. The predicted octanol–water partition coefficient (Wildman–Crippen LogP) is 2.55. The van der Waals surface area contributed by atoms with E-state index in [1.165, 1.54) is 32.1 Å². The summed E-state index contributed by atoms with van der Waals surface area (Å²) in [5, 5.41) is 12.6. The number of carbonyl (C=O) groups is 1. The Bertz CT molecular complexity index is 228. The van der Waals surface area contributed by atoms with Gasteiger partial charge in [-0.3, -0.25) is 4.79 Å². The van der Waals surface area contributed by atoms with Gasteiger partial charge in [0.2, 0.25) is 0 Å². The maximum absolute atomic E-state index is 10.8. The first kappa shape index (κ1) is 11.9. The van der Waals surface area contributed by atoms with E-state index in [1.54, 1.807) is 0 Å². The third-order valence-corrected chi connectivity index (χ3v) is 4.15. The Hall–Kier alpha value is -0.570. The first-order valence-corrected chi connectivity index (χ1v) is 6.74. The quantitative estimate of drug-likeness (QED) is 0.776. The second kappa shape index (κ2) is 5.67. The Morgan fingerprint density at radius 2 is 1.44 bits per heavy atom. The molecule has 3 heteroatoms. The summed E-state index contributed by atoms with van der Waals surface area (Å²) in [4.78, 5) is 10.8. The normalized spacial score (nSPS) is 32.5. The Kier molecular flexibility index (Phi) is 4.22. The molecule has 0 bridgehead atoms. The summed E-state index contributed by atoms with van der Waals surface area (Å²) in [6, 6.07) is 1.29. The average molecular weight is 225 g/mol. The van der Waals surface area contributed by atoms with Crippen LogP contribution in [-0.2, 0) is 4.79 Å². The molecule has 2 aliphatic carbocycles. The zero-order valence-corrected chi connectivity index (χ0v) is 9.95. The zero-order valence-electron chi connectivity index (χ0n) is 9.95. The van der Waals surface area contributed by atoms with Crippen LogP contribution in [0.5, 0.6) is 0 Å². The van der Waals surface area contributed by atoms with Crippen LogP contribution < -0.4 is 5.32 Å². The van der Waals surface area contributed by atoms with Crippen molar-refractivity contribution in [1.29, 1.82) is 0 Å². The summed E-state index contributed by atoms with van der Waals surface area (Å²) in [5.74, 6) is -0.680. The molecule has 2 rings (SSSR count). The fourth-order valence-electron chi connectivity index (χ4n) is 3.11. The average Bonchev–Trinajstić information content (AvgIpc) is 2.31. The molecule has 0 spiro atoms. The van der Waals surface area contributed by atoms with Crippen LogP contribution in [0.3, 0.4) is 0 Å². The Balaban J connectivity index is 1.70. The van der Waals surface area contributed by atoms with Crippen LogP contribution >= 0.6 is 0 Å². The van der Waals surface area contributed by atoms with Crippen molar-refractivity contribution in [2.45, 2.75) is 69.9 Å². The number of aliphatic carboxylic acids is 1. The van der Waals surface area contributed by atoms with Crippen molar-refractivity contribution in [3.63, 3.8) is 0 Å². The van der Waals surface area contributed by atoms with Crippen LogP contribution in [0.1, 0.15) is 57.8 Å². The van der Waals surface area contributed by atoms with Crippen molar-refractivity contribution >= 4 is 5.97 Å². The van der Waals surface area contributed by atoms with Gasteiger partial charge in [-0.25, -0.2) is 0 Å². The fraction of sp³-hybridized carbons (Fsp3) is 0.923. The monoisotopic (exact) mass is 225 g/mol. The number of rotatable bonds is 3. The summed E-state index contributed by atoms with van der Waals surface area (Å²) in [7, 11) is 0. The van der Waals surface area contributed by atoms with Gasteiger partial charge in [0.05, 0.1) is 5.92 Å². The first-order valence-electron chi connectivity index (χ1n) is 6.74. The third-order valence-electron chi connectivity index (χ3n) is 4.15. The lowest BCUT2D eigenvalue weighted by Crippen LogP contribution is -2.42. The maximum Gasteiger partial charge on any atom is 0.306 e. The van der Waals surface area contributed by atoms with E-state index in [0.717, 1.165) is 25.7 Å². The topological polar surface area (TPSA) is 49.3 Å². The van der Waals surface area contributed by atoms with Crippen LogP contribution in [0.2, 0.25) is 0 Å². The van der Waals surface area contributed by atoms with Gasteiger partial charge in [-0.2, -0.15) is 0 Å².